The van der Waals surface area contributed by atoms with Gasteiger partial charge in [0.1, 0.15) is 5.75 Å². The van der Waals surface area contributed by atoms with E-state index in [1.807, 2.05) is 54.6 Å². The van der Waals surface area contributed by atoms with Gasteiger partial charge in [0.15, 0.2) is 11.4 Å². The van der Waals surface area contributed by atoms with Gasteiger partial charge in [-0.1, -0.05) is 30.3 Å². The lowest BCUT2D eigenvalue weighted by molar-refractivity contribution is 0.123. The third-order valence-electron chi connectivity index (χ3n) is 5.91. The van der Waals surface area contributed by atoms with Gasteiger partial charge in [-0.05, 0) is 36.4 Å². The summed E-state index contributed by atoms with van der Waals surface area (Å²) in [7, 11) is 1.61. The number of methoxy groups -OCH3 is 1. The van der Waals surface area contributed by atoms with E-state index in [0.717, 1.165) is 10.9 Å². The fourth-order valence-electron chi connectivity index (χ4n) is 4.49. The predicted octanol–water partition coefficient (Wildman–Crippen LogP) is 3.47. The average Bonchev–Trinajstić information content (AvgIpc) is 3.32. The molecule has 146 valence electrons. The highest BCUT2D eigenvalue weighted by Gasteiger charge is 2.47. The molecule has 0 fully saturated rings. The summed E-state index contributed by atoms with van der Waals surface area (Å²) in [5.74, 6) is 0.971. The third kappa shape index (κ3) is 2.00. The number of rotatable bonds is 2. The van der Waals surface area contributed by atoms with Gasteiger partial charge in [0.2, 0.25) is 0 Å². The SMILES string of the molecule is COc1ccc2[nH]cc(C3(O)c4ccccc4-n4c3nc3ccccc3c4=O)c2c1. The maximum absolute atomic E-state index is 13.4. The van der Waals surface area contributed by atoms with E-state index in [1.165, 1.54) is 4.57 Å². The van der Waals surface area contributed by atoms with Crippen molar-refractivity contribution in [3.63, 3.8) is 0 Å². The number of hydrogen-bond acceptors (Lipinski definition) is 4. The molecular formula is C24H17N3O3. The summed E-state index contributed by atoms with van der Waals surface area (Å²) in [5.41, 5.74) is 1.50. The highest BCUT2D eigenvalue weighted by Crippen LogP contribution is 2.46. The number of para-hydroxylation sites is 2. The standard InChI is InChI=1S/C24H17N3O3/c1-30-14-10-11-19-16(12-14)18(13-25-19)24(29)17-7-3-5-9-21(17)27-22(28)15-6-2-4-8-20(15)26-23(24)27/h2-13,25,29H,1H3. The molecule has 1 unspecified atom stereocenters. The molecule has 2 N–H and O–H groups in total. The Morgan fingerprint density at radius 1 is 1.00 bits per heavy atom. The number of nitrogens with zero attached hydrogens (tertiary/aromatic N) is 2. The molecule has 2 aromatic heterocycles. The summed E-state index contributed by atoms with van der Waals surface area (Å²) in [6.45, 7) is 0. The van der Waals surface area contributed by atoms with Crippen LogP contribution in [0.3, 0.4) is 0 Å². The first kappa shape index (κ1) is 17.0. The van der Waals surface area contributed by atoms with Crippen LogP contribution in [-0.2, 0) is 5.60 Å². The molecule has 6 rings (SSSR count). The minimum absolute atomic E-state index is 0.198. The smallest absolute Gasteiger partial charge is 0.266 e. The normalized spacial score (nSPS) is 17.3. The van der Waals surface area contributed by atoms with Crippen LogP contribution >= 0.6 is 0 Å². The molecule has 3 aromatic carbocycles. The van der Waals surface area contributed by atoms with Crippen LogP contribution in [0, 0.1) is 0 Å². The number of nitrogens with one attached hydrogen (secondary N) is 1. The topological polar surface area (TPSA) is 80.1 Å². The molecule has 6 nitrogen and oxygen atoms in total. The zero-order valence-corrected chi connectivity index (χ0v) is 16.1. The molecule has 0 saturated heterocycles. The molecule has 30 heavy (non-hydrogen) atoms. The van der Waals surface area contributed by atoms with Gasteiger partial charge >= 0.3 is 0 Å². The van der Waals surface area contributed by atoms with Crippen molar-refractivity contribution >= 4 is 21.8 Å². The lowest BCUT2D eigenvalue weighted by atomic mass is 9.86. The van der Waals surface area contributed by atoms with Crippen molar-refractivity contribution in [2.75, 3.05) is 7.11 Å². The Labute approximate surface area is 171 Å². The Morgan fingerprint density at radius 2 is 1.80 bits per heavy atom. The lowest BCUT2D eigenvalue weighted by Crippen LogP contribution is -2.31. The van der Waals surface area contributed by atoms with E-state index in [9.17, 15) is 9.90 Å². The first-order valence-corrected chi connectivity index (χ1v) is 9.63. The number of hydrogen-bond donors (Lipinski definition) is 2. The predicted molar refractivity (Wildman–Crippen MR) is 114 cm³/mol. The minimum atomic E-state index is -1.59. The fourth-order valence-corrected chi connectivity index (χ4v) is 4.49. The number of fused-ring (bicyclic) bond motifs is 5. The van der Waals surface area contributed by atoms with Gasteiger partial charge in [-0.25, -0.2) is 4.98 Å². The van der Waals surface area contributed by atoms with E-state index in [-0.39, 0.29) is 11.4 Å². The fraction of sp³-hybridized carbons (Fsp3) is 0.0833. The van der Waals surface area contributed by atoms with Crippen molar-refractivity contribution in [1.82, 2.24) is 14.5 Å². The highest BCUT2D eigenvalue weighted by atomic mass is 16.5. The average molecular weight is 395 g/mol. The van der Waals surface area contributed by atoms with E-state index in [2.05, 4.69) is 4.98 Å². The molecule has 6 heteroatoms. The zero-order chi connectivity index (χ0) is 20.5. The Hall–Kier alpha value is -3.90. The highest BCUT2D eigenvalue weighted by molar-refractivity contribution is 5.88. The number of ether oxygens (including phenoxy) is 1. The van der Waals surface area contributed by atoms with E-state index in [0.29, 0.717) is 33.5 Å². The number of aliphatic hydroxyl groups is 1. The molecule has 0 spiro atoms. The summed E-state index contributed by atoms with van der Waals surface area (Å²) >= 11 is 0. The summed E-state index contributed by atoms with van der Waals surface area (Å²) in [6.07, 6.45) is 1.78. The molecule has 1 atom stereocenters. The van der Waals surface area contributed by atoms with Crippen molar-refractivity contribution < 1.29 is 9.84 Å². The van der Waals surface area contributed by atoms with Gasteiger partial charge in [-0.15, -0.1) is 0 Å². The van der Waals surface area contributed by atoms with Crippen LogP contribution in [0.1, 0.15) is 17.0 Å². The summed E-state index contributed by atoms with van der Waals surface area (Å²) in [4.78, 5) is 21.4. The van der Waals surface area contributed by atoms with E-state index >= 15 is 0 Å². The van der Waals surface area contributed by atoms with Crippen LogP contribution in [0.25, 0.3) is 27.5 Å². The molecule has 5 aromatic rings. The van der Waals surface area contributed by atoms with Crippen molar-refractivity contribution in [2.45, 2.75) is 5.60 Å². The minimum Gasteiger partial charge on any atom is -0.497 e. The second-order valence-corrected chi connectivity index (χ2v) is 7.43. The van der Waals surface area contributed by atoms with Gasteiger partial charge in [-0.2, -0.15) is 0 Å². The summed E-state index contributed by atoms with van der Waals surface area (Å²) in [5, 5.41) is 13.5. The van der Waals surface area contributed by atoms with Gasteiger partial charge in [-0.3, -0.25) is 9.36 Å². The summed E-state index contributed by atoms with van der Waals surface area (Å²) < 4.78 is 6.92. The number of aromatic amines is 1. The van der Waals surface area contributed by atoms with Crippen LogP contribution in [-0.4, -0.2) is 26.8 Å². The quantitative estimate of drug-likeness (QED) is 0.480. The Balaban J connectivity index is 1.77. The van der Waals surface area contributed by atoms with Crippen LogP contribution in [0.4, 0.5) is 0 Å². The van der Waals surface area contributed by atoms with Crippen molar-refractivity contribution in [2.24, 2.45) is 0 Å². The second kappa shape index (κ2) is 5.81. The maximum Gasteiger partial charge on any atom is 0.266 e. The molecule has 1 aliphatic rings. The van der Waals surface area contributed by atoms with Crippen LogP contribution in [0.15, 0.2) is 77.7 Å². The number of benzene rings is 3. The van der Waals surface area contributed by atoms with Crippen LogP contribution in [0.5, 0.6) is 5.75 Å². The molecular weight excluding hydrogens is 378 g/mol. The Morgan fingerprint density at radius 3 is 2.67 bits per heavy atom. The van der Waals surface area contributed by atoms with Gasteiger partial charge < -0.3 is 14.8 Å². The van der Waals surface area contributed by atoms with Gasteiger partial charge in [0, 0.05) is 28.2 Å². The molecule has 1 aliphatic heterocycles. The van der Waals surface area contributed by atoms with Gasteiger partial charge in [0.05, 0.1) is 23.7 Å². The first-order chi connectivity index (χ1) is 14.6. The largest absolute Gasteiger partial charge is 0.497 e. The molecule has 0 aliphatic carbocycles. The maximum atomic E-state index is 13.4. The van der Waals surface area contributed by atoms with E-state index in [1.54, 1.807) is 25.4 Å². The van der Waals surface area contributed by atoms with Crippen molar-refractivity contribution in [3.8, 4) is 11.4 Å². The molecule has 0 amide bonds. The van der Waals surface area contributed by atoms with Crippen LogP contribution < -0.4 is 10.3 Å². The molecule has 0 radical (unpaired) electrons. The third-order valence-corrected chi connectivity index (χ3v) is 5.91. The monoisotopic (exact) mass is 395 g/mol. The first-order valence-electron chi connectivity index (χ1n) is 9.63. The number of aromatic nitrogens is 3. The number of H-pyrrole nitrogens is 1. The van der Waals surface area contributed by atoms with E-state index in [4.69, 9.17) is 9.72 Å². The van der Waals surface area contributed by atoms with Crippen molar-refractivity contribution in [3.05, 3.63) is 100 Å². The Bertz CT molecular complexity index is 1530. The molecule has 3 heterocycles. The van der Waals surface area contributed by atoms with Gasteiger partial charge in [0.25, 0.3) is 5.56 Å². The Kier molecular flexibility index (Phi) is 3.29. The lowest BCUT2D eigenvalue weighted by Gasteiger charge is -2.23. The summed E-state index contributed by atoms with van der Waals surface area (Å²) in [6, 6.07) is 20.2. The van der Waals surface area contributed by atoms with E-state index < -0.39 is 5.60 Å². The van der Waals surface area contributed by atoms with Crippen LogP contribution in [0.2, 0.25) is 0 Å². The zero-order valence-electron chi connectivity index (χ0n) is 16.1. The van der Waals surface area contributed by atoms with Crippen molar-refractivity contribution in [1.29, 1.82) is 0 Å². The molecule has 0 saturated carbocycles. The molecule has 0 bridgehead atoms. The second-order valence-electron chi connectivity index (χ2n) is 7.43.